The Labute approximate surface area is 181 Å². The molecule has 5 rings (SSSR count). The van der Waals surface area contributed by atoms with Crippen LogP contribution in [-0.4, -0.2) is 44.3 Å². The smallest absolute Gasteiger partial charge is 0.338 e. The Balaban J connectivity index is 1.38. The van der Waals surface area contributed by atoms with E-state index in [0.29, 0.717) is 5.56 Å². The van der Waals surface area contributed by atoms with E-state index in [1.165, 1.54) is 35.4 Å². The highest BCUT2D eigenvalue weighted by Gasteiger charge is 2.52. The van der Waals surface area contributed by atoms with Gasteiger partial charge in [0.1, 0.15) is 11.9 Å². The first-order valence-electron chi connectivity index (χ1n) is 10.7. The molecule has 0 bridgehead atoms. The highest BCUT2D eigenvalue weighted by molar-refractivity contribution is 5.89. The third kappa shape index (κ3) is 3.39. The van der Waals surface area contributed by atoms with E-state index in [2.05, 4.69) is 30.2 Å². The van der Waals surface area contributed by atoms with E-state index >= 15 is 0 Å². The Morgan fingerprint density at radius 2 is 2.06 bits per heavy atom. The molecular weight excluding hydrogens is 397 g/mol. The van der Waals surface area contributed by atoms with Gasteiger partial charge in [0.25, 0.3) is 0 Å². The number of halogens is 1. The van der Waals surface area contributed by atoms with Crippen molar-refractivity contribution in [3.8, 4) is 11.5 Å². The molecule has 2 aliphatic heterocycles. The first-order chi connectivity index (χ1) is 15.0. The minimum absolute atomic E-state index is 0.0245. The molecule has 0 saturated heterocycles. The second kappa shape index (κ2) is 7.68. The van der Waals surface area contributed by atoms with Crippen LogP contribution < -0.4 is 9.47 Å². The van der Waals surface area contributed by atoms with E-state index in [1.807, 2.05) is 6.07 Å². The van der Waals surface area contributed by atoms with E-state index in [0.717, 1.165) is 37.4 Å². The summed E-state index contributed by atoms with van der Waals surface area (Å²) in [5, 5.41) is 0. The first-order valence-corrected chi connectivity index (χ1v) is 10.7. The lowest BCUT2D eigenvalue weighted by atomic mass is 9.67. The molecule has 5 nitrogen and oxygen atoms in total. The molecule has 2 aromatic carbocycles. The lowest BCUT2D eigenvalue weighted by molar-refractivity contribution is 0.0401. The van der Waals surface area contributed by atoms with Crippen LogP contribution in [0.5, 0.6) is 11.5 Å². The molecule has 1 aliphatic carbocycles. The summed E-state index contributed by atoms with van der Waals surface area (Å²) >= 11 is 0. The molecule has 6 heteroatoms. The summed E-state index contributed by atoms with van der Waals surface area (Å²) in [5.74, 6) is 0.867. The largest absolute Gasteiger partial charge is 0.493 e. The van der Waals surface area contributed by atoms with Gasteiger partial charge in [-0.2, -0.15) is 0 Å². The predicted octanol–water partition coefficient (Wildman–Crippen LogP) is 4.10. The average molecular weight is 423 g/mol. The van der Waals surface area contributed by atoms with Crippen LogP contribution in [0, 0.1) is 11.7 Å². The molecule has 0 amide bonds. The van der Waals surface area contributed by atoms with E-state index in [1.54, 1.807) is 7.11 Å². The summed E-state index contributed by atoms with van der Waals surface area (Å²) in [6, 6.07) is 9.55. The second-order valence-corrected chi connectivity index (χ2v) is 8.73. The number of hydrogen-bond donors (Lipinski definition) is 0. The van der Waals surface area contributed by atoms with Gasteiger partial charge in [-0.05, 0) is 62.3 Å². The summed E-state index contributed by atoms with van der Waals surface area (Å²) in [4.78, 5) is 14.7. The Morgan fingerprint density at radius 1 is 1.26 bits per heavy atom. The fourth-order valence-corrected chi connectivity index (χ4v) is 5.13. The van der Waals surface area contributed by atoms with E-state index in [9.17, 15) is 9.18 Å². The molecule has 31 heavy (non-hydrogen) atoms. The van der Waals surface area contributed by atoms with Crippen molar-refractivity contribution in [2.24, 2.45) is 5.92 Å². The molecule has 1 spiro atoms. The SMILES string of the molecule is COc1ccc2c3c1OC1C[C@@H](COC(=O)c4ccc(F)cc4)C=C[C@@]31CCN(C)C2. The predicted molar refractivity (Wildman–Crippen MR) is 114 cm³/mol. The molecule has 2 aromatic rings. The zero-order valence-corrected chi connectivity index (χ0v) is 17.8. The lowest BCUT2D eigenvalue weighted by Gasteiger charge is -2.37. The van der Waals surface area contributed by atoms with E-state index in [-0.39, 0.29) is 29.9 Å². The minimum atomic E-state index is -0.440. The number of rotatable bonds is 4. The van der Waals surface area contributed by atoms with Crippen molar-refractivity contribution in [2.75, 3.05) is 27.3 Å². The Hall–Kier alpha value is -2.86. The molecule has 0 N–H and O–H groups in total. The molecule has 162 valence electrons. The zero-order valence-electron chi connectivity index (χ0n) is 17.8. The lowest BCUT2D eigenvalue weighted by Crippen LogP contribution is -2.42. The average Bonchev–Trinajstić information content (AvgIpc) is 3.04. The molecule has 0 saturated carbocycles. The summed E-state index contributed by atoms with van der Waals surface area (Å²) in [6.07, 6.45) is 6.14. The van der Waals surface area contributed by atoms with Crippen LogP contribution >= 0.6 is 0 Å². The molecule has 0 radical (unpaired) electrons. The Bertz CT molecular complexity index is 1030. The topological polar surface area (TPSA) is 48.0 Å². The van der Waals surface area contributed by atoms with Crippen LogP contribution in [0.4, 0.5) is 4.39 Å². The normalized spacial score (nSPS) is 26.4. The van der Waals surface area contributed by atoms with Crippen LogP contribution in [0.1, 0.15) is 34.3 Å². The van der Waals surface area contributed by atoms with Gasteiger partial charge in [-0.15, -0.1) is 0 Å². The molecule has 3 atom stereocenters. The maximum Gasteiger partial charge on any atom is 0.338 e. The third-order valence-electron chi connectivity index (χ3n) is 6.77. The molecule has 1 unspecified atom stereocenters. The van der Waals surface area contributed by atoms with E-state index in [4.69, 9.17) is 14.2 Å². The number of hydrogen-bond acceptors (Lipinski definition) is 5. The Morgan fingerprint density at radius 3 is 2.84 bits per heavy atom. The minimum Gasteiger partial charge on any atom is -0.493 e. The van der Waals surface area contributed by atoms with Crippen molar-refractivity contribution in [3.05, 3.63) is 71.1 Å². The van der Waals surface area contributed by atoms with Gasteiger partial charge >= 0.3 is 5.97 Å². The third-order valence-corrected chi connectivity index (χ3v) is 6.77. The number of esters is 1. The van der Waals surface area contributed by atoms with Gasteiger partial charge in [0, 0.05) is 18.0 Å². The molecule has 2 heterocycles. The van der Waals surface area contributed by atoms with Crippen LogP contribution in [-0.2, 0) is 16.7 Å². The highest BCUT2D eigenvalue weighted by atomic mass is 19.1. The maximum atomic E-state index is 13.1. The number of carbonyl (C=O) groups is 1. The van der Waals surface area contributed by atoms with Gasteiger partial charge in [-0.25, -0.2) is 9.18 Å². The fourth-order valence-electron chi connectivity index (χ4n) is 5.13. The summed E-state index contributed by atoms with van der Waals surface area (Å²) in [6.45, 7) is 2.13. The van der Waals surface area contributed by atoms with Crippen molar-refractivity contribution >= 4 is 5.97 Å². The summed E-state index contributed by atoms with van der Waals surface area (Å²) in [7, 11) is 3.82. The van der Waals surface area contributed by atoms with Gasteiger partial charge in [0.15, 0.2) is 11.5 Å². The highest BCUT2D eigenvalue weighted by Crippen LogP contribution is 2.56. The van der Waals surface area contributed by atoms with Crippen LogP contribution in [0.3, 0.4) is 0 Å². The quantitative estimate of drug-likeness (QED) is 0.547. The van der Waals surface area contributed by atoms with Crippen molar-refractivity contribution in [1.82, 2.24) is 4.90 Å². The van der Waals surface area contributed by atoms with E-state index < -0.39 is 5.97 Å². The van der Waals surface area contributed by atoms with Crippen molar-refractivity contribution in [3.63, 3.8) is 0 Å². The molecule has 0 aromatic heterocycles. The van der Waals surface area contributed by atoms with Gasteiger partial charge in [-0.3, -0.25) is 0 Å². The number of nitrogens with zero attached hydrogens (tertiary/aromatic N) is 1. The summed E-state index contributed by atoms with van der Waals surface area (Å²) in [5.41, 5.74) is 2.70. The molecule has 0 fully saturated rings. The maximum absolute atomic E-state index is 13.1. The first kappa shape index (κ1) is 20.1. The molecule has 3 aliphatic rings. The van der Waals surface area contributed by atoms with Gasteiger partial charge in [-0.1, -0.05) is 18.2 Å². The Kier molecular flexibility index (Phi) is 4.97. The monoisotopic (exact) mass is 423 g/mol. The second-order valence-electron chi connectivity index (χ2n) is 8.73. The zero-order chi connectivity index (χ0) is 21.6. The van der Waals surface area contributed by atoms with Crippen LogP contribution in [0.25, 0.3) is 0 Å². The van der Waals surface area contributed by atoms with Gasteiger partial charge in [0.05, 0.1) is 24.7 Å². The number of ether oxygens (including phenoxy) is 3. The molecular formula is C25H26FNO4. The fraction of sp³-hybridized carbons (Fsp3) is 0.400. The number of carbonyl (C=O) groups excluding carboxylic acids is 1. The number of benzene rings is 2. The van der Waals surface area contributed by atoms with Crippen molar-refractivity contribution in [1.29, 1.82) is 0 Å². The number of methoxy groups -OCH3 is 1. The summed E-state index contributed by atoms with van der Waals surface area (Å²) < 4.78 is 30.7. The standard InChI is InChI=1S/C25H26FNO4/c1-27-12-11-25-10-9-16(15-30-24(28)17-3-6-19(26)7-4-17)13-21(25)31-23-20(29-2)8-5-18(14-27)22(23)25/h3-10,16,21H,11-15H2,1-2H3/t16-,21?,25-/m0/s1. The van der Waals surface area contributed by atoms with Crippen molar-refractivity contribution in [2.45, 2.75) is 30.9 Å². The van der Waals surface area contributed by atoms with Crippen LogP contribution in [0.2, 0.25) is 0 Å². The van der Waals surface area contributed by atoms with Gasteiger partial charge < -0.3 is 19.1 Å². The van der Waals surface area contributed by atoms with Crippen molar-refractivity contribution < 1.29 is 23.4 Å². The van der Waals surface area contributed by atoms with Crippen LogP contribution in [0.15, 0.2) is 48.6 Å². The van der Waals surface area contributed by atoms with Gasteiger partial charge in [0.2, 0.25) is 0 Å².